The summed E-state index contributed by atoms with van der Waals surface area (Å²) >= 11 is 0. The largest absolute Gasteiger partial charge is 0.491 e. The van der Waals surface area contributed by atoms with Gasteiger partial charge in [0, 0.05) is 24.5 Å². The van der Waals surface area contributed by atoms with Gasteiger partial charge in [0.25, 0.3) is 11.8 Å². The van der Waals surface area contributed by atoms with Gasteiger partial charge in [-0.25, -0.2) is 0 Å². The van der Waals surface area contributed by atoms with Gasteiger partial charge in [0.05, 0.1) is 17.6 Å². The zero-order valence-corrected chi connectivity index (χ0v) is 13.7. The maximum atomic E-state index is 12.4. The van der Waals surface area contributed by atoms with Gasteiger partial charge in [0.1, 0.15) is 12.4 Å². The Morgan fingerprint density at radius 3 is 3.04 bits per heavy atom. The van der Waals surface area contributed by atoms with Crippen LogP contribution in [0.25, 0.3) is 0 Å². The molecule has 0 atom stereocenters. The molecule has 7 nitrogen and oxygen atoms in total. The molecule has 2 heterocycles. The molecular weight excluding hydrogens is 308 g/mol. The highest BCUT2D eigenvalue weighted by molar-refractivity contribution is 6.01. The van der Waals surface area contributed by atoms with Crippen LogP contribution in [0.2, 0.25) is 0 Å². The van der Waals surface area contributed by atoms with Crippen molar-refractivity contribution in [3.05, 3.63) is 47.8 Å². The molecule has 0 unspecified atom stereocenters. The van der Waals surface area contributed by atoms with Gasteiger partial charge in [-0.05, 0) is 38.1 Å². The van der Waals surface area contributed by atoms with E-state index in [0.717, 1.165) is 0 Å². The monoisotopic (exact) mass is 328 g/mol. The van der Waals surface area contributed by atoms with Gasteiger partial charge in [-0.15, -0.1) is 0 Å². The molecule has 24 heavy (non-hydrogen) atoms. The zero-order chi connectivity index (χ0) is 17.2. The number of rotatable bonds is 4. The minimum absolute atomic E-state index is 0.228. The standard InChI is InChI=1S/C17H20N4O3/c1-17(2,21-8-3-6-20-21)11-19-15(22)12-4-5-14-13(10-12)16(23)18-7-9-24-14/h3-6,8,10H,7,9,11H2,1-2H3,(H,18,23)(H,19,22). The molecule has 2 N–H and O–H groups in total. The molecule has 1 aromatic carbocycles. The first-order valence-corrected chi connectivity index (χ1v) is 7.81. The van der Waals surface area contributed by atoms with Gasteiger partial charge in [0.15, 0.2) is 0 Å². The molecule has 1 aliphatic heterocycles. The molecule has 1 aliphatic rings. The van der Waals surface area contributed by atoms with E-state index in [0.29, 0.717) is 36.6 Å². The van der Waals surface area contributed by atoms with E-state index >= 15 is 0 Å². The van der Waals surface area contributed by atoms with Crippen molar-refractivity contribution in [2.45, 2.75) is 19.4 Å². The number of carbonyl (C=O) groups excluding carboxylic acids is 2. The summed E-state index contributed by atoms with van der Waals surface area (Å²) in [5.74, 6) is 0.0301. The number of ether oxygens (including phenoxy) is 1. The van der Waals surface area contributed by atoms with Crippen LogP contribution in [0.5, 0.6) is 5.75 Å². The third-order valence-corrected chi connectivity index (χ3v) is 3.94. The average molecular weight is 328 g/mol. The summed E-state index contributed by atoms with van der Waals surface area (Å²) < 4.78 is 7.29. The SMILES string of the molecule is CC(C)(CNC(=O)c1ccc2c(c1)C(=O)NCCO2)n1cccn1. The Labute approximate surface area is 140 Å². The number of benzene rings is 1. The summed E-state index contributed by atoms with van der Waals surface area (Å²) in [5, 5.41) is 9.84. The highest BCUT2D eigenvalue weighted by Gasteiger charge is 2.23. The molecule has 0 spiro atoms. The highest BCUT2D eigenvalue weighted by atomic mass is 16.5. The number of nitrogens with one attached hydrogen (secondary N) is 2. The Morgan fingerprint density at radius 2 is 2.29 bits per heavy atom. The number of carbonyl (C=O) groups is 2. The second-order valence-electron chi connectivity index (χ2n) is 6.26. The summed E-state index contributed by atoms with van der Waals surface area (Å²) in [6.45, 7) is 5.25. The molecule has 0 saturated heterocycles. The van der Waals surface area contributed by atoms with Crippen molar-refractivity contribution >= 4 is 11.8 Å². The third-order valence-electron chi connectivity index (χ3n) is 3.94. The first kappa shape index (κ1) is 16.0. The highest BCUT2D eigenvalue weighted by Crippen LogP contribution is 2.22. The van der Waals surface area contributed by atoms with Crippen molar-refractivity contribution in [3.8, 4) is 5.75 Å². The number of hydrogen-bond donors (Lipinski definition) is 2. The van der Waals surface area contributed by atoms with Crippen LogP contribution in [-0.4, -0.2) is 41.3 Å². The lowest BCUT2D eigenvalue weighted by Crippen LogP contribution is -2.41. The Balaban J connectivity index is 1.73. The normalized spacial score (nSPS) is 14.2. The summed E-state index contributed by atoms with van der Waals surface area (Å²) in [5.41, 5.74) is 0.447. The van der Waals surface area contributed by atoms with Gasteiger partial charge >= 0.3 is 0 Å². The van der Waals surface area contributed by atoms with Crippen LogP contribution in [0.4, 0.5) is 0 Å². The van der Waals surface area contributed by atoms with Crippen molar-refractivity contribution in [1.82, 2.24) is 20.4 Å². The maximum Gasteiger partial charge on any atom is 0.255 e. The Bertz CT molecular complexity index is 753. The van der Waals surface area contributed by atoms with E-state index in [1.165, 1.54) is 0 Å². The van der Waals surface area contributed by atoms with Crippen LogP contribution in [0.1, 0.15) is 34.6 Å². The lowest BCUT2D eigenvalue weighted by Gasteiger charge is -2.25. The Morgan fingerprint density at radius 1 is 1.46 bits per heavy atom. The molecule has 0 saturated carbocycles. The topological polar surface area (TPSA) is 85.3 Å². The third kappa shape index (κ3) is 3.24. The Kier molecular flexibility index (Phi) is 4.24. The van der Waals surface area contributed by atoms with Gasteiger partial charge in [0.2, 0.25) is 0 Å². The summed E-state index contributed by atoms with van der Waals surface area (Å²) in [4.78, 5) is 24.4. The van der Waals surface area contributed by atoms with Crippen LogP contribution in [-0.2, 0) is 5.54 Å². The summed E-state index contributed by atoms with van der Waals surface area (Å²) in [6, 6.07) is 6.72. The van der Waals surface area contributed by atoms with E-state index in [-0.39, 0.29) is 17.4 Å². The minimum Gasteiger partial charge on any atom is -0.491 e. The van der Waals surface area contributed by atoms with E-state index in [1.54, 1.807) is 29.1 Å². The molecule has 0 fully saturated rings. The number of nitrogens with zero attached hydrogens (tertiary/aromatic N) is 2. The van der Waals surface area contributed by atoms with Crippen LogP contribution in [0.3, 0.4) is 0 Å². The van der Waals surface area contributed by atoms with Gasteiger partial charge < -0.3 is 15.4 Å². The lowest BCUT2D eigenvalue weighted by atomic mass is 10.1. The average Bonchev–Trinajstić information content (AvgIpc) is 3.06. The smallest absolute Gasteiger partial charge is 0.255 e. The lowest BCUT2D eigenvalue weighted by molar-refractivity contribution is 0.0935. The van der Waals surface area contributed by atoms with Crippen molar-refractivity contribution in [2.24, 2.45) is 0 Å². The summed E-state index contributed by atoms with van der Waals surface area (Å²) in [6.07, 6.45) is 3.56. The van der Waals surface area contributed by atoms with Crippen LogP contribution in [0.15, 0.2) is 36.7 Å². The van der Waals surface area contributed by atoms with E-state index in [4.69, 9.17) is 4.74 Å². The fourth-order valence-corrected chi connectivity index (χ4v) is 2.50. The molecule has 0 radical (unpaired) electrons. The van der Waals surface area contributed by atoms with Crippen molar-refractivity contribution < 1.29 is 14.3 Å². The second kappa shape index (κ2) is 6.35. The fraction of sp³-hybridized carbons (Fsp3) is 0.353. The molecule has 3 rings (SSSR count). The van der Waals surface area contributed by atoms with E-state index < -0.39 is 0 Å². The van der Waals surface area contributed by atoms with Crippen LogP contribution >= 0.6 is 0 Å². The van der Waals surface area contributed by atoms with Crippen molar-refractivity contribution in [1.29, 1.82) is 0 Å². The maximum absolute atomic E-state index is 12.4. The molecular formula is C17H20N4O3. The molecule has 2 amide bonds. The van der Waals surface area contributed by atoms with Gasteiger partial charge in [-0.1, -0.05) is 0 Å². The molecule has 2 aromatic rings. The Hall–Kier alpha value is -2.83. The van der Waals surface area contributed by atoms with Crippen LogP contribution < -0.4 is 15.4 Å². The van der Waals surface area contributed by atoms with E-state index in [9.17, 15) is 9.59 Å². The van der Waals surface area contributed by atoms with E-state index in [2.05, 4.69) is 15.7 Å². The minimum atomic E-state index is -0.356. The summed E-state index contributed by atoms with van der Waals surface area (Å²) in [7, 11) is 0. The molecule has 7 heteroatoms. The number of aromatic nitrogens is 2. The van der Waals surface area contributed by atoms with Crippen molar-refractivity contribution in [3.63, 3.8) is 0 Å². The molecule has 0 aliphatic carbocycles. The number of amides is 2. The van der Waals surface area contributed by atoms with Gasteiger partial charge in [-0.2, -0.15) is 5.10 Å². The van der Waals surface area contributed by atoms with Crippen LogP contribution in [0, 0.1) is 0 Å². The van der Waals surface area contributed by atoms with Gasteiger partial charge in [-0.3, -0.25) is 14.3 Å². The quantitative estimate of drug-likeness (QED) is 0.882. The zero-order valence-electron chi connectivity index (χ0n) is 13.7. The first-order valence-electron chi connectivity index (χ1n) is 7.81. The predicted octanol–water partition coefficient (Wildman–Crippen LogP) is 1.17. The number of fused-ring (bicyclic) bond motifs is 1. The predicted molar refractivity (Wildman–Crippen MR) is 88.2 cm³/mol. The number of hydrogen-bond acceptors (Lipinski definition) is 4. The molecule has 126 valence electrons. The second-order valence-corrected chi connectivity index (χ2v) is 6.26. The van der Waals surface area contributed by atoms with E-state index in [1.807, 2.05) is 26.1 Å². The molecule has 1 aromatic heterocycles. The first-order chi connectivity index (χ1) is 11.5. The molecule has 0 bridgehead atoms. The van der Waals surface area contributed by atoms with Crippen molar-refractivity contribution in [2.75, 3.05) is 19.7 Å². The fourth-order valence-electron chi connectivity index (χ4n) is 2.50.